The molecule has 5 atom stereocenters. The van der Waals surface area contributed by atoms with Gasteiger partial charge in [0.05, 0.1) is 26.7 Å². The van der Waals surface area contributed by atoms with E-state index in [0.29, 0.717) is 29.9 Å². The van der Waals surface area contributed by atoms with Crippen LogP contribution in [-0.4, -0.2) is 42.7 Å². The van der Waals surface area contributed by atoms with Crippen LogP contribution in [0.2, 0.25) is 0 Å². The van der Waals surface area contributed by atoms with Gasteiger partial charge in [0.25, 0.3) is 0 Å². The minimum Gasteiger partial charge on any atom is -0.496 e. The Morgan fingerprint density at radius 1 is 1.19 bits per heavy atom. The summed E-state index contributed by atoms with van der Waals surface area (Å²) < 4.78 is 10.9. The molecule has 3 N–H and O–H groups in total. The third kappa shape index (κ3) is 2.84. The van der Waals surface area contributed by atoms with Crippen LogP contribution >= 0.6 is 12.4 Å². The van der Waals surface area contributed by atoms with Gasteiger partial charge in [-0.25, -0.2) is 0 Å². The Bertz CT molecular complexity index is 696. The maximum Gasteiger partial charge on any atom is 0.227 e. The second kappa shape index (κ2) is 7.25. The van der Waals surface area contributed by atoms with Gasteiger partial charge in [-0.3, -0.25) is 4.79 Å². The van der Waals surface area contributed by atoms with Crippen LogP contribution in [0.5, 0.6) is 11.5 Å². The van der Waals surface area contributed by atoms with Gasteiger partial charge in [0.1, 0.15) is 17.6 Å². The second-order valence-electron chi connectivity index (χ2n) is 7.53. The molecule has 1 aromatic rings. The molecular weight excluding hydrogens is 356 g/mol. The average molecular weight is 383 g/mol. The number of hydrogen-bond acceptors (Lipinski definition) is 5. The number of benzene rings is 1. The van der Waals surface area contributed by atoms with Crippen LogP contribution in [0, 0.1) is 17.8 Å². The summed E-state index contributed by atoms with van der Waals surface area (Å²) in [5.74, 6) is 2.16. The lowest BCUT2D eigenvalue weighted by atomic mass is 9.83. The Kier molecular flexibility index (Phi) is 5.37. The predicted octanol–water partition coefficient (Wildman–Crippen LogP) is 1.87. The van der Waals surface area contributed by atoms with Crippen molar-refractivity contribution < 1.29 is 19.4 Å². The molecule has 0 saturated heterocycles. The van der Waals surface area contributed by atoms with Gasteiger partial charge in [0.2, 0.25) is 5.91 Å². The lowest BCUT2D eigenvalue weighted by Gasteiger charge is -2.38. The lowest BCUT2D eigenvalue weighted by molar-refractivity contribution is -0.140. The number of carbonyl (C=O) groups is 1. The molecule has 26 heavy (non-hydrogen) atoms. The Labute approximate surface area is 160 Å². The fourth-order valence-electron chi connectivity index (χ4n) is 5.16. The molecule has 5 unspecified atom stereocenters. The molecule has 1 aliphatic heterocycles. The molecule has 6 nitrogen and oxygen atoms in total. The maximum absolute atomic E-state index is 13.2. The first-order chi connectivity index (χ1) is 12.0. The molecule has 0 aromatic heterocycles. The minimum absolute atomic E-state index is 0. The number of amides is 1. The molecule has 3 aliphatic rings. The molecule has 0 radical (unpaired) electrons. The molecular formula is C19H27ClN2O4. The van der Waals surface area contributed by atoms with E-state index in [2.05, 4.69) is 0 Å². The van der Waals surface area contributed by atoms with Crippen molar-refractivity contribution in [2.45, 2.75) is 38.0 Å². The van der Waals surface area contributed by atoms with E-state index in [9.17, 15) is 9.90 Å². The van der Waals surface area contributed by atoms with E-state index >= 15 is 0 Å². The maximum atomic E-state index is 13.2. The van der Waals surface area contributed by atoms with Gasteiger partial charge < -0.3 is 25.2 Å². The molecule has 2 bridgehead atoms. The summed E-state index contributed by atoms with van der Waals surface area (Å²) in [7, 11) is 3.18. The highest BCUT2D eigenvalue weighted by atomic mass is 35.5. The Hall–Kier alpha value is -1.50. The first kappa shape index (κ1) is 19.3. The number of aliphatic hydroxyl groups excluding tert-OH is 1. The van der Waals surface area contributed by atoms with Crippen molar-refractivity contribution in [1.29, 1.82) is 0 Å². The summed E-state index contributed by atoms with van der Waals surface area (Å²) in [6.07, 6.45) is 2.53. The van der Waals surface area contributed by atoms with E-state index in [1.54, 1.807) is 25.2 Å². The largest absolute Gasteiger partial charge is 0.496 e. The van der Waals surface area contributed by atoms with E-state index in [-0.39, 0.29) is 36.8 Å². The van der Waals surface area contributed by atoms with Gasteiger partial charge >= 0.3 is 0 Å². The number of methoxy groups -OCH3 is 2. The number of aliphatic hydroxyl groups is 1. The minimum atomic E-state index is -0.785. The van der Waals surface area contributed by atoms with Gasteiger partial charge in [-0.1, -0.05) is 0 Å². The summed E-state index contributed by atoms with van der Waals surface area (Å²) in [6, 6.07) is 3.57. The van der Waals surface area contributed by atoms with E-state index in [4.69, 9.17) is 15.2 Å². The van der Waals surface area contributed by atoms with Crippen molar-refractivity contribution in [1.82, 2.24) is 4.90 Å². The molecule has 2 saturated carbocycles. The molecule has 1 heterocycles. The Balaban J connectivity index is 0.00000196. The molecule has 144 valence electrons. The van der Waals surface area contributed by atoms with E-state index in [1.165, 1.54) is 0 Å². The Morgan fingerprint density at radius 3 is 2.46 bits per heavy atom. The molecule has 2 fully saturated rings. The zero-order chi connectivity index (χ0) is 17.7. The molecule has 7 heteroatoms. The fraction of sp³-hybridized carbons (Fsp3) is 0.632. The zero-order valence-corrected chi connectivity index (χ0v) is 16.0. The van der Waals surface area contributed by atoms with Crippen LogP contribution in [0.3, 0.4) is 0 Å². The highest BCUT2D eigenvalue weighted by Crippen LogP contribution is 2.49. The molecule has 1 amide bonds. The monoisotopic (exact) mass is 382 g/mol. The molecule has 1 aromatic carbocycles. The summed E-state index contributed by atoms with van der Waals surface area (Å²) in [5.41, 5.74) is 7.90. The van der Waals surface area contributed by atoms with Crippen LogP contribution in [0.25, 0.3) is 0 Å². The second-order valence-corrected chi connectivity index (χ2v) is 7.53. The van der Waals surface area contributed by atoms with Crippen molar-refractivity contribution in [3.63, 3.8) is 0 Å². The van der Waals surface area contributed by atoms with Crippen molar-refractivity contribution >= 4 is 18.3 Å². The quantitative estimate of drug-likeness (QED) is 0.833. The SMILES string of the molecule is COc1ccc(OC)c2c1CN(C(=O)C1C3CCC(C3)C1N)CC2O.Cl. The van der Waals surface area contributed by atoms with Crippen molar-refractivity contribution in [3.8, 4) is 11.5 Å². The average Bonchev–Trinajstić information content (AvgIpc) is 3.21. The van der Waals surface area contributed by atoms with Crippen LogP contribution in [0.4, 0.5) is 0 Å². The smallest absolute Gasteiger partial charge is 0.227 e. The number of carbonyl (C=O) groups excluding carboxylic acids is 1. The standard InChI is InChI=1S/C19H26N2O4.ClH/c1-24-14-5-6-15(25-2)17-12(14)8-21(9-13(17)22)19(23)16-10-3-4-11(7-10)18(16)20;/h5-6,10-11,13,16,18,22H,3-4,7-9,20H2,1-2H3;1H. The predicted molar refractivity (Wildman–Crippen MR) is 99.5 cm³/mol. The van der Waals surface area contributed by atoms with Crippen molar-refractivity contribution in [2.75, 3.05) is 20.8 Å². The number of hydrogen-bond donors (Lipinski definition) is 2. The summed E-state index contributed by atoms with van der Waals surface area (Å²) in [5, 5.41) is 10.7. The first-order valence-corrected chi connectivity index (χ1v) is 9.01. The topological polar surface area (TPSA) is 85.0 Å². The number of halogens is 1. The third-order valence-electron chi connectivity index (χ3n) is 6.37. The number of nitrogens with zero attached hydrogens (tertiary/aromatic N) is 1. The van der Waals surface area contributed by atoms with E-state index < -0.39 is 6.10 Å². The zero-order valence-electron chi connectivity index (χ0n) is 15.2. The number of nitrogens with two attached hydrogens (primary N) is 1. The van der Waals surface area contributed by atoms with Crippen LogP contribution < -0.4 is 15.2 Å². The van der Waals surface area contributed by atoms with Crippen molar-refractivity contribution in [2.24, 2.45) is 23.5 Å². The normalized spacial score (nSPS) is 32.0. The highest BCUT2D eigenvalue weighted by molar-refractivity contribution is 5.85. The molecule has 2 aliphatic carbocycles. The van der Waals surface area contributed by atoms with Crippen LogP contribution in [-0.2, 0) is 11.3 Å². The number of ether oxygens (including phenoxy) is 2. The van der Waals surface area contributed by atoms with Crippen LogP contribution in [0.15, 0.2) is 12.1 Å². The van der Waals surface area contributed by atoms with E-state index in [1.807, 2.05) is 6.07 Å². The number of β-amino-alcohol motifs (C(OH)–C–C–N with tert-alkyl or cyclic N) is 1. The van der Waals surface area contributed by atoms with Gasteiger partial charge in [-0.05, 0) is 43.2 Å². The van der Waals surface area contributed by atoms with Gasteiger partial charge in [-0.2, -0.15) is 0 Å². The van der Waals surface area contributed by atoms with Crippen LogP contribution in [0.1, 0.15) is 36.5 Å². The van der Waals surface area contributed by atoms with Gasteiger partial charge in [0, 0.05) is 23.7 Å². The van der Waals surface area contributed by atoms with E-state index in [0.717, 1.165) is 30.4 Å². The summed E-state index contributed by atoms with van der Waals surface area (Å²) >= 11 is 0. The molecule has 4 rings (SSSR count). The fourth-order valence-corrected chi connectivity index (χ4v) is 5.16. The highest BCUT2D eigenvalue weighted by Gasteiger charge is 2.50. The first-order valence-electron chi connectivity index (χ1n) is 9.01. The number of rotatable bonds is 3. The lowest BCUT2D eigenvalue weighted by Crippen LogP contribution is -2.49. The summed E-state index contributed by atoms with van der Waals surface area (Å²) in [6.45, 7) is 0.697. The van der Waals surface area contributed by atoms with Gasteiger partial charge in [0.15, 0.2) is 0 Å². The Morgan fingerprint density at radius 2 is 1.85 bits per heavy atom. The molecule has 0 spiro atoms. The number of fused-ring (bicyclic) bond motifs is 3. The summed E-state index contributed by atoms with van der Waals surface area (Å²) in [4.78, 5) is 14.9. The van der Waals surface area contributed by atoms with Crippen molar-refractivity contribution in [3.05, 3.63) is 23.3 Å². The van der Waals surface area contributed by atoms with Gasteiger partial charge in [-0.15, -0.1) is 12.4 Å². The third-order valence-corrected chi connectivity index (χ3v) is 6.37.